The van der Waals surface area contributed by atoms with E-state index in [2.05, 4.69) is 0 Å². The third-order valence-corrected chi connectivity index (χ3v) is 4.24. The fraction of sp³-hybridized carbons (Fsp3) is 0.929. The molecule has 0 aromatic rings. The molecule has 0 amide bonds. The van der Waals surface area contributed by atoms with Crippen LogP contribution in [-0.4, -0.2) is 44.5 Å². The van der Waals surface area contributed by atoms with Gasteiger partial charge in [0, 0.05) is 26.2 Å². The molecule has 0 aromatic heterocycles. The Morgan fingerprint density at radius 3 is 2.79 bits per heavy atom. The zero-order valence-corrected chi connectivity index (χ0v) is 11.7. The molecule has 0 bridgehead atoms. The van der Waals surface area contributed by atoms with Crippen molar-refractivity contribution in [2.24, 2.45) is 11.7 Å². The highest BCUT2D eigenvalue weighted by Gasteiger charge is 2.40. The highest BCUT2D eigenvalue weighted by atomic mass is 16.5. The number of esters is 1. The third kappa shape index (κ3) is 3.91. The molecule has 2 N–H and O–H groups in total. The van der Waals surface area contributed by atoms with Crippen LogP contribution in [0.1, 0.15) is 38.5 Å². The maximum absolute atomic E-state index is 11.7. The first kappa shape index (κ1) is 14.8. The fourth-order valence-corrected chi connectivity index (χ4v) is 2.97. The lowest BCUT2D eigenvalue weighted by molar-refractivity contribution is -0.151. The van der Waals surface area contributed by atoms with E-state index in [0.717, 1.165) is 45.5 Å². The predicted molar refractivity (Wildman–Crippen MR) is 70.7 cm³/mol. The first-order valence-electron chi connectivity index (χ1n) is 7.21. The molecule has 2 unspecified atom stereocenters. The molecule has 5 nitrogen and oxygen atoms in total. The third-order valence-electron chi connectivity index (χ3n) is 4.24. The van der Waals surface area contributed by atoms with Crippen LogP contribution in [-0.2, 0) is 19.0 Å². The van der Waals surface area contributed by atoms with E-state index in [9.17, 15) is 4.79 Å². The second-order valence-electron chi connectivity index (χ2n) is 5.76. The van der Waals surface area contributed by atoms with Gasteiger partial charge in [-0.1, -0.05) is 0 Å². The van der Waals surface area contributed by atoms with Crippen molar-refractivity contribution in [1.29, 1.82) is 0 Å². The molecule has 110 valence electrons. The Morgan fingerprint density at radius 1 is 1.37 bits per heavy atom. The van der Waals surface area contributed by atoms with Crippen LogP contribution in [0, 0.1) is 5.92 Å². The summed E-state index contributed by atoms with van der Waals surface area (Å²) in [6, 6.07) is 0. The van der Waals surface area contributed by atoms with E-state index in [1.54, 1.807) is 0 Å². The Balaban J connectivity index is 1.78. The summed E-state index contributed by atoms with van der Waals surface area (Å²) in [6.45, 7) is 2.43. The van der Waals surface area contributed by atoms with Crippen LogP contribution >= 0.6 is 0 Å². The monoisotopic (exact) mass is 271 g/mol. The topological polar surface area (TPSA) is 70.8 Å². The van der Waals surface area contributed by atoms with Crippen molar-refractivity contribution in [2.75, 3.05) is 26.9 Å². The lowest BCUT2D eigenvalue weighted by Gasteiger charge is -2.36. The highest BCUT2D eigenvalue weighted by Crippen LogP contribution is 2.30. The van der Waals surface area contributed by atoms with Crippen LogP contribution < -0.4 is 5.73 Å². The summed E-state index contributed by atoms with van der Waals surface area (Å²) in [6.07, 6.45) is 5.39. The first-order valence-corrected chi connectivity index (χ1v) is 7.21. The molecular weight excluding hydrogens is 246 g/mol. The van der Waals surface area contributed by atoms with Gasteiger partial charge in [-0.2, -0.15) is 0 Å². The van der Waals surface area contributed by atoms with E-state index in [-0.39, 0.29) is 12.1 Å². The number of methoxy groups -OCH3 is 1. The van der Waals surface area contributed by atoms with Crippen molar-refractivity contribution in [3.8, 4) is 0 Å². The van der Waals surface area contributed by atoms with Crippen LogP contribution in [0.5, 0.6) is 0 Å². The van der Waals surface area contributed by atoms with Gasteiger partial charge in [-0.3, -0.25) is 4.79 Å². The average molecular weight is 271 g/mol. The SMILES string of the molecule is COC(=O)C1(N)CCCC(OCC2CCOCC2)C1. The smallest absolute Gasteiger partial charge is 0.325 e. The molecule has 0 spiro atoms. The maximum Gasteiger partial charge on any atom is 0.325 e. The number of rotatable bonds is 4. The van der Waals surface area contributed by atoms with Gasteiger partial charge in [-0.05, 0) is 38.0 Å². The molecule has 1 saturated carbocycles. The largest absolute Gasteiger partial charge is 0.468 e. The number of nitrogens with two attached hydrogens (primary N) is 1. The van der Waals surface area contributed by atoms with Gasteiger partial charge in [0.15, 0.2) is 0 Å². The van der Waals surface area contributed by atoms with Gasteiger partial charge in [0.25, 0.3) is 0 Å². The van der Waals surface area contributed by atoms with Gasteiger partial charge in [0.05, 0.1) is 13.2 Å². The zero-order chi connectivity index (χ0) is 13.7. The molecule has 0 radical (unpaired) electrons. The summed E-state index contributed by atoms with van der Waals surface area (Å²) in [5, 5.41) is 0. The summed E-state index contributed by atoms with van der Waals surface area (Å²) in [5.41, 5.74) is 5.28. The van der Waals surface area contributed by atoms with E-state index in [4.69, 9.17) is 19.9 Å². The van der Waals surface area contributed by atoms with Gasteiger partial charge in [-0.15, -0.1) is 0 Å². The van der Waals surface area contributed by atoms with E-state index in [0.29, 0.717) is 18.8 Å². The second kappa shape index (κ2) is 6.68. The van der Waals surface area contributed by atoms with Crippen molar-refractivity contribution < 1.29 is 19.0 Å². The van der Waals surface area contributed by atoms with Crippen molar-refractivity contribution in [3.63, 3.8) is 0 Å². The van der Waals surface area contributed by atoms with Crippen LogP contribution in [0.4, 0.5) is 0 Å². The molecule has 1 aliphatic carbocycles. The molecule has 2 rings (SSSR count). The van der Waals surface area contributed by atoms with E-state index in [1.165, 1.54) is 7.11 Å². The molecule has 1 heterocycles. The standard InChI is InChI=1S/C14H25NO4/c1-17-13(16)14(15)6-2-3-12(9-14)19-10-11-4-7-18-8-5-11/h11-12H,2-10,15H2,1H3. The Labute approximate surface area is 114 Å². The number of hydrogen-bond donors (Lipinski definition) is 1. The van der Waals surface area contributed by atoms with Crippen molar-refractivity contribution in [1.82, 2.24) is 0 Å². The minimum atomic E-state index is -0.854. The van der Waals surface area contributed by atoms with Gasteiger partial charge < -0.3 is 19.9 Å². The number of carbonyl (C=O) groups excluding carboxylic acids is 1. The van der Waals surface area contributed by atoms with Gasteiger partial charge >= 0.3 is 5.97 Å². The number of carbonyl (C=O) groups is 1. The van der Waals surface area contributed by atoms with Gasteiger partial charge in [0.1, 0.15) is 5.54 Å². The molecule has 19 heavy (non-hydrogen) atoms. The Hall–Kier alpha value is -0.650. The van der Waals surface area contributed by atoms with Crippen molar-refractivity contribution in [3.05, 3.63) is 0 Å². The van der Waals surface area contributed by atoms with Crippen LogP contribution in [0.15, 0.2) is 0 Å². The summed E-state index contributed by atoms with van der Waals surface area (Å²) >= 11 is 0. The van der Waals surface area contributed by atoms with Crippen molar-refractivity contribution >= 4 is 5.97 Å². The molecular formula is C14H25NO4. The number of hydrogen-bond acceptors (Lipinski definition) is 5. The lowest BCUT2D eigenvalue weighted by Crippen LogP contribution is -2.53. The average Bonchev–Trinajstić information content (AvgIpc) is 2.45. The summed E-state index contributed by atoms with van der Waals surface area (Å²) in [5.74, 6) is 0.271. The molecule has 0 aromatic carbocycles. The molecule has 1 aliphatic heterocycles. The molecule has 1 saturated heterocycles. The van der Waals surface area contributed by atoms with Gasteiger partial charge in [0.2, 0.25) is 0 Å². The summed E-state index contributed by atoms with van der Waals surface area (Å²) < 4.78 is 16.1. The Kier molecular flexibility index (Phi) is 5.19. The molecule has 2 fully saturated rings. The fourth-order valence-electron chi connectivity index (χ4n) is 2.97. The summed E-state index contributed by atoms with van der Waals surface area (Å²) in [7, 11) is 1.39. The minimum absolute atomic E-state index is 0.0840. The lowest BCUT2D eigenvalue weighted by atomic mass is 9.81. The van der Waals surface area contributed by atoms with E-state index < -0.39 is 5.54 Å². The Morgan fingerprint density at radius 2 is 2.11 bits per heavy atom. The molecule has 5 heteroatoms. The zero-order valence-electron chi connectivity index (χ0n) is 11.7. The minimum Gasteiger partial charge on any atom is -0.468 e. The normalized spacial score (nSPS) is 33.1. The van der Waals surface area contributed by atoms with Crippen LogP contribution in [0.2, 0.25) is 0 Å². The first-order chi connectivity index (χ1) is 9.14. The van der Waals surface area contributed by atoms with E-state index >= 15 is 0 Å². The second-order valence-corrected chi connectivity index (χ2v) is 5.76. The maximum atomic E-state index is 11.7. The van der Waals surface area contributed by atoms with Gasteiger partial charge in [-0.25, -0.2) is 0 Å². The number of ether oxygens (including phenoxy) is 3. The Bertz CT molecular complexity index is 304. The quantitative estimate of drug-likeness (QED) is 0.779. The predicted octanol–water partition coefficient (Wildman–Crippen LogP) is 1.24. The van der Waals surface area contributed by atoms with Crippen LogP contribution in [0.25, 0.3) is 0 Å². The molecule has 2 aliphatic rings. The highest BCUT2D eigenvalue weighted by molar-refractivity contribution is 5.80. The van der Waals surface area contributed by atoms with E-state index in [1.807, 2.05) is 0 Å². The van der Waals surface area contributed by atoms with Crippen molar-refractivity contribution in [2.45, 2.75) is 50.2 Å². The summed E-state index contributed by atoms with van der Waals surface area (Å²) in [4.78, 5) is 11.7. The van der Waals surface area contributed by atoms with Crippen LogP contribution in [0.3, 0.4) is 0 Å². The molecule has 2 atom stereocenters.